The topological polar surface area (TPSA) is 42.1 Å². The molecule has 0 radical (unpaired) electrons. The molecule has 0 unspecified atom stereocenters. The van der Waals surface area contributed by atoms with Crippen LogP contribution in [0.25, 0.3) is 40.0 Å². The summed E-state index contributed by atoms with van der Waals surface area (Å²) < 4.78 is 4.72. The van der Waals surface area contributed by atoms with Gasteiger partial charge >= 0.3 is 0 Å². The monoisotopic (exact) mass is 477 g/mol. The van der Waals surface area contributed by atoms with Crippen LogP contribution in [0.2, 0.25) is 0 Å². The second-order valence-electron chi connectivity index (χ2n) is 9.24. The van der Waals surface area contributed by atoms with Crippen molar-refractivity contribution in [2.45, 2.75) is 46.8 Å². The number of aliphatic hydroxyl groups is 1. The molecular formula is C32H35N3O. The van der Waals surface area contributed by atoms with Crippen molar-refractivity contribution in [3.05, 3.63) is 99.9 Å². The average molecular weight is 478 g/mol. The molecule has 4 heteroatoms. The summed E-state index contributed by atoms with van der Waals surface area (Å²) in [7, 11) is 0. The molecule has 0 spiro atoms. The van der Waals surface area contributed by atoms with E-state index in [2.05, 4.69) is 101 Å². The molecule has 4 aromatic rings. The van der Waals surface area contributed by atoms with Gasteiger partial charge in [0.1, 0.15) is 0 Å². The Morgan fingerprint density at radius 2 is 1.78 bits per heavy atom. The zero-order valence-electron chi connectivity index (χ0n) is 21.5. The fourth-order valence-electron chi connectivity index (χ4n) is 5.25. The first kappa shape index (κ1) is 24.0. The van der Waals surface area contributed by atoms with Gasteiger partial charge < -0.3 is 19.6 Å². The van der Waals surface area contributed by atoms with Gasteiger partial charge in [-0.25, -0.2) is 0 Å². The summed E-state index contributed by atoms with van der Waals surface area (Å²) in [4.78, 5) is 0. The number of para-hydroxylation sites is 1. The molecule has 36 heavy (non-hydrogen) atoms. The number of hydrogen-bond donors (Lipinski definition) is 2. The van der Waals surface area contributed by atoms with Gasteiger partial charge in [0.2, 0.25) is 0 Å². The van der Waals surface area contributed by atoms with E-state index in [1.807, 2.05) is 19.1 Å². The fourth-order valence-corrected chi connectivity index (χ4v) is 5.25. The van der Waals surface area contributed by atoms with Gasteiger partial charge in [0, 0.05) is 64.6 Å². The third-order valence-electron chi connectivity index (χ3n) is 7.20. The summed E-state index contributed by atoms with van der Waals surface area (Å²) in [6.45, 7) is 9.06. The highest BCUT2D eigenvalue weighted by Gasteiger charge is 2.10. The van der Waals surface area contributed by atoms with Crippen LogP contribution in [0.15, 0.2) is 78.0 Å². The van der Waals surface area contributed by atoms with E-state index in [0.29, 0.717) is 0 Å². The Hall–Kier alpha value is -3.76. The number of hydrogen-bond acceptors (Lipinski definition) is 2. The summed E-state index contributed by atoms with van der Waals surface area (Å²) in [5.41, 5.74) is 7.20. The average Bonchev–Trinajstić information content (AvgIpc) is 3.34. The van der Waals surface area contributed by atoms with Crippen LogP contribution < -0.4 is 15.9 Å². The second-order valence-corrected chi connectivity index (χ2v) is 9.24. The first-order valence-corrected chi connectivity index (χ1v) is 12.9. The zero-order valence-corrected chi connectivity index (χ0v) is 21.5. The summed E-state index contributed by atoms with van der Waals surface area (Å²) in [5.74, 6) is 0. The van der Waals surface area contributed by atoms with Crippen molar-refractivity contribution in [2.75, 3.05) is 6.61 Å². The molecule has 4 nitrogen and oxygen atoms in total. The van der Waals surface area contributed by atoms with E-state index in [1.54, 1.807) is 0 Å². The number of rotatable bonds is 8. The molecule has 5 rings (SSSR count). The van der Waals surface area contributed by atoms with E-state index in [-0.39, 0.29) is 6.61 Å². The third kappa shape index (κ3) is 4.45. The van der Waals surface area contributed by atoms with Crippen LogP contribution in [0.4, 0.5) is 0 Å². The minimum Gasteiger partial charge on any atom is -0.392 e. The number of aliphatic hydroxyl groups excluding tert-OH is 1. The van der Waals surface area contributed by atoms with Crippen molar-refractivity contribution >= 4 is 40.0 Å². The maximum Gasteiger partial charge on any atom is 0.0678 e. The van der Waals surface area contributed by atoms with Crippen molar-refractivity contribution in [2.24, 2.45) is 0 Å². The number of nitrogens with one attached hydrogen (secondary N) is 1. The lowest BCUT2D eigenvalue weighted by atomic mass is 10.1. The molecule has 0 bridgehead atoms. The predicted molar refractivity (Wildman–Crippen MR) is 153 cm³/mol. The summed E-state index contributed by atoms with van der Waals surface area (Å²) in [5, 5.41) is 18.3. The molecule has 1 aliphatic rings. The van der Waals surface area contributed by atoms with E-state index < -0.39 is 0 Å². The largest absolute Gasteiger partial charge is 0.392 e. The van der Waals surface area contributed by atoms with Crippen molar-refractivity contribution in [1.82, 2.24) is 14.5 Å². The minimum atomic E-state index is 0.0587. The third-order valence-corrected chi connectivity index (χ3v) is 7.20. The van der Waals surface area contributed by atoms with Gasteiger partial charge in [-0.1, -0.05) is 42.5 Å². The molecule has 1 aliphatic carbocycles. The van der Waals surface area contributed by atoms with Crippen LogP contribution in [0.5, 0.6) is 0 Å². The van der Waals surface area contributed by atoms with Gasteiger partial charge in [-0.05, 0) is 79.6 Å². The molecule has 0 amide bonds. The van der Waals surface area contributed by atoms with E-state index in [0.717, 1.165) is 37.3 Å². The molecule has 184 valence electrons. The first-order chi connectivity index (χ1) is 17.7. The number of aromatic nitrogens is 2. The maximum atomic E-state index is 9.45. The van der Waals surface area contributed by atoms with Crippen molar-refractivity contribution in [3.63, 3.8) is 0 Å². The Bertz CT molecular complexity index is 1630. The molecule has 2 N–H and O–H groups in total. The highest BCUT2D eigenvalue weighted by molar-refractivity contribution is 6.08. The highest BCUT2D eigenvalue weighted by Crippen LogP contribution is 2.29. The maximum absolute atomic E-state index is 9.45. The van der Waals surface area contributed by atoms with E-state index >= 15 is 0 Å². The van der Waals surface area contributed by atoms with Gasteiger partial charge in [0.05, 0.1) is 6.61 Å². The van der Waals surface area contributed by atoms with Crippen LogP contribution in [-0.2, 0) is 19.6 Å². The van der Waals surface area contributed by atoms with Crippen LogP contribution >= 0.6 is 0 Å². The Balaban J connectivity index is 1.39. The fraction of sp³-hybridized carbons (Fsp3) is 0.250. The Kier molecular flexibility index (Phi) is 6.97. The molecule has 0 atom stereocenters. The molecule has 0 saturated carbocycles. The minimum absolute atomic E-state index is 0.0587. The first-order valence-electron chi connectivity index (χ1n) is 12.9. The molecule has 0 aliphatic heterocycles. The lowest BCUT2D eigenvalue weighted by Gasteiger charge is -2.09. The highest BCUT2D eigenvalue weighted by atomic mass is 16.3. The number of allylic oxidation sites excluding steroid dienone is 3. The Morgan fingerprint density at radius 1 is 0.972 bits per heavy atom. The summed E-state index contributed by atoms with van der Waals surface area (Å²) >= 11 is 0. The Labute approximate surface area is 212 Å². The Morgan fingerprint density at radius 3 is 2.56 bits per heavy atom. The number of fused-ring (bicyclic) bond motifs is 4. The number of benzene rings is 2. The van der Waals surface area contributed by atoms with E-state index in [9.17, 15) is 5.11 Å². The molecular weight excluding hydrogens is 442 g/mol. The van der Waals surface area contributed by atoms with E-state index in [4.69, 9.17) is 0 Å². The van der Waals surface area contributed by atoms with Crippen LogP contribution in [-0.4, -0.2) is 20.8 Å². The van der Waals surface area contributed by atoms with Gasteiger partial charge in [0.25, 0.3) is 0 Å². The standard InChI is InChI=1S/C32H35N3O/c1-4-23(22-36)11-16-27-20-25-13-14-26(15-18-30(25)34(27)5-2)33-21-24-12-17-32-29(19-24)28-9-7-8-10-31(28)35(32)6-3/h4,7-13,15-20,33,36H,5-6,14,21-22H2,1-3H3/b16-11-,23-4+. The van der Waals surface area contributed by atoms with Crippen molar-refractivity contribution in [3.8, 4) is 0 Å². The molecule has 2 aromatic heterocycles. The second kappa shape index (κ2) is 10.5. The van der Waals surface area contributed by atoms with Gasteiger partial charge in [0.15, 0.2) is 0 Å². The van der Waals surface area contributed by atoms with Crippen LogP contribution in [0.3, 0.4) is 0 Å². The van der Waals surface area contributed by atoms with Crippen molar-refractivity contribution < 1.29 is 5.11 Å². The van der Waals surface area contributed by atoms with E-state index in [1.165, 1.54) is 43.6 Å². The lowest BCUT2D eigenvalue weighted by Crippen LogP contribution is -2.28. The molecule has 0 saturated heterocycles. The SMILES string of the molecule is C/C=C(\C=C/c1cc2c(n1CC)=CC=C(NCc1ccc3c(c1)c1ccccc1n3CC)CC=2)CO. The number of aryl methyl sites for hydroxylation is 1. The van der Waals surface area contributed by atoms with Gasteiger partial charge in [-0.15, -0.1) is 0 Å². The van der Waals surface area contributed by atoms with Gasteiger partial charge in [-0.2, -0.15) is 0 Å². The molecule has 2 aromatic carbocycles. The van der Waals surface area contributed by atoms with Crippen LogP contribution in [0.1, 0.15) is 38.4 Å². The van der Waals surface area contributed by atoms with Crippen molar-refractivity contribution in [1.29, 1.82) is 0 Å². The smallest absolute Gasteiger partial charge is 0.0678 e. The number of nitrogens with zero attached hydrogens (tertiary/aromatic N) is 2. The molecule has 2 heterocycles. The van der Waals surface area contributed by atoms with Crippen LogP contribution in [0, 0.1) is 0 Å². The lowest BCUT2D eigenvalue weighted by molar-refractivity contribution is 0.335. The summed E-state index contributed by atoms with van der Waals surface area (Å²) in [6.07, 6.45) is 13.7. The molecule has 0 fully saturated rings. The van der Waals surface area contributed by atoms with Gasteiger partial charge in [-0.3, -0.25) is 0 Å². The summed E-state index contributed by atoms with van der Waals surface area (Å²) in [6, 6.07) is 17.8. The quantitative estimate of drug-likeness (QED) is 0.342. The normalized spacial score (nSPS) is 14.0. The predicted octanol–water partition coefficient (Wildman–Crippen LogP) is 5.23. The zero-order chi connectivity index (χ0) is 25.1.